The van der Waals surface area contributed by atoms with E-state index in [4.69, 9.17) is 4.74 Å². The zero-order valence-corrected chi connectivity index (χ0v) is 22.8. The van der Waals surface area contributed by atoms with Gasteiger partial charge in [-0.3, -0.25) is 19.3 Å². The summed E-state index contributed by atoms with van der Waals surface area (Å²) in [7, 11) is 1.63. The fourth-order valence-electron chi connectivity index (χ4n) is 7.59. The van der Waals surface area contributed by atoms with Crippen molar-refractivity contribution < 1.29 is 19.1 Å². The SMILES string of the molecule is CCc1ccc(NC(=O)CN2C(=O)S/C(=C/c3cc(C45CC6CC(CC(C6)C4)C5)ccc3OC)C2=O)cc1. The Morgan fingerprint density at radius 2 is 1.71 bits per heavy atom. The van der Waals surface area contributed by atoms with E-state index in [1.165, 1.54) is 49.7 Å². The lowest BCUT2D eigenvalue weighted by Gasteiger charge is -2.57. The molecule has 0 atom stereocenters. The van der Waals surface area contributed by atoms with E-state index in [0.29, 0.717) is 16.3 Å². The highest BCUT2D eigenvalue weighted by molar-refractivity contribution is 8.18. The number of carbonyl (C=O) groups is 3. The summed E-state index contributed by atoms with van der Waals surface area (Å²) in [5.41, 5.74) is 4.17. The van der Waals surface area contributed by atoms with Crippen LogP contribution in [-0.4, -0.2) is 35.6 Å². The van der Waals surface area contributed by atoms with Gasteiger partial charge in [-0.1, -0.05) is 25.1 Å². The van der Waals surface area contributed by atoms with Gasteiger partial charge >= 0.3 is 0 Å². The molecule has 4 saturated carbocycles. The van der Waals surface area contributed by atoms with Crippen molar-refractivity contribution in [2.24, 2.45) is 17.8 Å². The summed E-state index contributed by atoms with van der Waals surface area (Å²) in [5.74, 6) is 2.33. The number of methoxy groups -OCH3 is 1. The van der Waals surface area contributed by atoms with Gasteiger partial charge in [0.05, 0.1) is 12.0 Å². The molecule has 0 aromatic heterocycles. The third-order valence-corrected chi connectivity index (χ3v) is 9.90. The van der Waals surface area contributed by atoms with Crippen molar-refractivity contribution in [3.05, 3.63) is 64.1 Å². The van der Waals surface area contributed by atoms with Gasteiger partial charge < -0.3 is 10.1 Å². The van der Waals surface area contributed by atoms with Crippen LogP contribution in [0.15, 0.2) is 47.4 Å². The topological polar surface area (TPSA) is 75.7 Å². The number of nitrogens with one attached hydrogen (secondary N) is 1. The Morgan fingerprint density at radius 1 is 1.05 bits per heavy atom. The molecule has 38 heavy (non-hydrogen) atoms. The molecular formula is C31H34N2O4S. The molecule has 2 aromatic rings. The summed E-state index contributed by atoms with van der Waals surface area (Å²) in [6, 6.07) is 13.9. The van der Waals surface area contributed by atoms with Crippen LogP contribution in [0.1, 0.15) is 62.1 Å². The summed E-state index contributed by atoms with van der Waals surface area (Å²) in [4.78, 5) is 39.9. The molecule has 1 saturated heterocycles. The quantitative estimate of drug-likeness (QED) is 0.419. The van der Waals surface area contributed by atoms with Gasteiger partial charge in [0, 0.05) is 11.3 Å². The molecule has 7 rings (SSSR count). The van der Waals surface area contributed by atoms with Gasteiger partial charge in [0.2, 0.25) is 5.91 Å². The number of imide groups is 1. The van der Waals surface area contributed by atoms with Crippen molar-refractivity contribution >= 4 is 40.6 Å². The van der Waals surface area contributed by atoms with E-state index in [1.54, 1.807) is 13.2 Å². The number of aryl methyl sites for hydroxylation is 1. The summed E-state index contributed by atoms with van der Waals surface area (Å²) in [6.07, 6.45) is 10.6. The molecule has 6 nitrogen and oxygen atoms in total. The largest absolute Gasteiger partial charge is 0.496 e. The molecule has 3 amide bonds. The maximum Gasteiger partial charge on any atom is 0.294 e. The number of nitrogens with zero attached hydrogens (tertiary/aromatic N) is 1. The minimum atomic E-state index is -0.446. The van der Waals surface area contributed by atoms with Crippen molar-refractivity contribution in [2.75, 3.05) is 19.0 Å². The maximum atomic E-state index is 13.2. The van der Waals surface area contributed by atoms with Crippen molar-refractivity contribution in [3.8, 4) is 5.75 Å². The number of thioether (sulfide) groups is 1. The monoisotopic (exact) mass is 530 g/mol. The average molecular weight is 531 g/mol. The van der Waals surface area contributed by atoms with Crippen LogP contribution in [0.25, 0.3) is 6.08 Å². The first-order valence-corrected chi connectivity index (χ1v) is 14.5. The molecule has 5 fully saturated rings. The number of hydrogen-bond acceptors (Lipinski definition) is 5. The van der Waals surface area contributed by atoms with Crippen LogP contribution in [0.3, 0.4) is 0 Å². The fourth-order valence-corrected chi connectivity index (χ4v) is 8.42. The third-order valence-electron chi connectivity index (χ3n) is 8.99. The average Bonchev–Trinajstić information content (AvgIpc) is 3.15. The van der Waals surface area contributed by atoms with Gasteiger partial charge in [-0.2, -0.15) is 0 Å². The summed E-state index contributed by atoms with van der Waals surface area (Å²) in [6.45, 7) is 1.75. The first-order chi connectivity index (χ1) is 18.4. The Bertz CT molecular complexity index is 1280. The summed E-state index contributed by atoms with van der Waals surface area (Å²) in [5, 5.41) is 2.34. The minimum absolute atomic E-state index is 0.219. The minimum Gasteiger partial charge on any atom is -0.496 e. The molecule has 0 radical (unpaired) electrons. The molecule has 1 aliphatic heterocycles. The van der Waals surface area contributed by atoms with Crippen molar-refractivity contribution in [2.45, 2.75) is 57.3 Å². The van der Waals surface area contributed by atoms with Crippen LogP contribution < -0.4 is 10.1 Å². The van der Waals surface area contributed by atoms with E-state index in [2.05, 4.69) is 24.4 Å². The van der Waals surface area contributed by atoms with E-state index in [-0.39, 0.29) is 12.0 Å². The molecule has 0 spiro atoms. The fraction of sp³-hybridized carbons (Fsp3) is 0.452. The Labute approximate surface area is 228 Å². The molecule has 198 valence electrons. The number of amides is 3. The second-order valence-electron chi connectivity index (χ2n) is 11.5. The highest BCUT2D eigenvalue weighted by Gasteiger charge is 2.51. The van der Waals surface area contributed by atoms with Crippen LogP contribution in [0.2, 0.25) is 0 Å². The van der Waals surface area contributed by atoms with Gasteiger partial charge in [-0.25, -0.2) is 0 Å². The smallest absolute Gasteiger partial charge is 0.294 e. The number of hydrogen-bond donors (Lipinski definition) is 1. The van der Waals surface area contributed by atoms with Crippen LogP contribution >= 0.6 is 11.8 Å². The Kier molecular flexibility index (Phi) is 6.58. The van der Waals surface area contributed by atoms with Gasteiger partial charge in [0.1, 0.15) is 12.3 Å². The Morgan fingerprint density at radius 3 is 2.32 bits per heavy atom. The van der Waals surface area contributed by atoms with Gasteiger partial charge in [0.15, 0.2) is 0 Å². The van der Waals surface area contributed by atoms with E-state index >= 15 is 0 Å². The van der Waals surface area contributed by atoms with Crippen molar-refractivity contribution in [3.63, 3.8) is 0 Å². The van der Waals surface area contributed by atoms with Crippen LogP contribution in [0, 0.1) is 17.8 Å². The lowest BCUT2D eigenvalue weighted by atomic mass is 9.48. The predicted molar refractivity (Wildman–Crippen MR) is 150 cm³/mol. The lowest BCUT2D eigenvalue weighted by molar-refractivity contribution is -0.127. The van der Waals surface area contributed by atoms with E-state index in [9.17, 15) is 14.4 Å². The molecule has 1 N–H and O–H groups in total. The van der Waals surface area contributed by atoms with Gasteiger partial charge in [0.25, 0.3) is 11.1 Å². The maximum absolute atomic E-state index is 13.2. The lowest BCUT2D eigenvalue weighted by Crippen LogP contribution is -2.48. The number of ether oxygens (including phenoxy) is 1. The first-order valence-electron chi connectivity index (χ1n) is 13.7. The molecule has 7 heteroatoms. The van der Waals surface area contributed by atoms with Gasteiger partial charge in [-0.05, 0) is 121 Å². The van der Waals surface area contributed by atoms with E-state index < -0.39 is 17.1 Å². The molecule has 4 aliphatic carbocycles. The standard InChI is InChI=1S/C31H34N2O4S/c1-3-19-4-7-25(8-5-19)32-28(34)18-33-29(35)27(38-30(33)36)14-23-13-24(6-9-26(23)37-2)31-15-20-10-21(16-31)12-22(11-20)17-31/h4-9,13-14,20-22H,3,10-12,15-18H2,1-2H3,(H,32,34)/b27-14+. The second-order valence-corrected chi connectivity index (χ2v) is 12.5. The number of anilines is 1. The molecular weight excluding hydrogens is 496 g/mol. The van der Waals surface area contributed by atoms with E-state index in [1.807, 2.05) is 30.3 Å². The van der Waals surface area contributed by atoms with Crippen LogP contribution in [-0.2, 0) is 21.4 Å². The summed E-state index contributed by atoms with van der Waals surface area (Å²) < 4.78 is 5.64. The molecule has 1 heterocycles. The zero-order valence-electron chi connectivity index (χ0n) is 22.0. The molecule has 2 aromatic carbocycles. The summed E-state index contributed by atoms with van der Waals surface area (Å²) >= 11 is 0.877. The van der Waals surface area contributed by atoms with Crippen LogP contribution in [0.4, 0.5) is 10.5 Å². The normalized spacial score (nSPS) is 28.8. The molecule has 4 bridgehead atoms. The first kappa shape index (κ1) is 25.2. The second kappa shape index (κ2) is 9.92. The molecule has 0 unspecified atom stereocenters. The number of carbonyl (C=O) groups excluding carboxylic acids is 3. The van der Waals surface area contributed by atoms with Crippen molar-refractivity contribution in [1.82, 2.24) is 4.90 Å². The van der Waals surface area contributed by atoms with E-state index in [0.717, 1.165) is 46.4 Å². The predicted octanol–water partition coefficient (Wildman–Crippen LogP) is 6.40. The molecule has 5 aliphatic rings. The van der Waals surface area contributed by atoms with Gasteiger partial charge in [-0.15, -0.1) is 0 Å². The third kappa shape index (κ3) is 4.66. The highest BCUT2D eigenvalue weighted by atomic mass is 32.2. The Balaban J connectivity index is 1.20. The van der Waals surface area contributed by atoms with Crippen LogP contribution in [0.5, 0.6) is 5.75 Å². The Hall–Kier alpha value is -3.06. The van der Waals surface area contributed by atoms with Crippen molar-refractivity contribution in [1.29, 1.82) is 0 Å². The zero-order chi connectivity index (χ0) is 26.4. The highest BCUT2D eigenvalue weighted by Crippen LogP contribution is 2.61. The number of rotatable bonds is 7. The number of benzene rings is 2.